The van der Waals surface area contributed by atoms with Crippen molar-refractivity contribution in [1.29, 1.82) is 0 Å². The molecule has 10 heteroatoms. The van der Waals surface area contributed by atoms with Crippen molar-refractivity contribution in [3.8, 4) is 11.5 Å². The predicted octanol–water partition coefficient (Wildman–Crippen LogP) is 4.17. The van der Waals surface area contributed by atoms with E-state index in [4.69, 9.17) is 19.9 Å². The number of hydrogen-bond acceptors (Lipinski definition) is 8. The van der Waals surface area contributed by atoms with Gasteiger partial charge in [-0.05, 0) is 81.1 Å². The van der Waals surface area contributed by atoms with Crippen molar-refractivity contribution in [1.82, 2.24) is 5.32 Å². The molecule has 0 radical (unpaired) electrons. The van der Waals surface area contributed by atoms with Crippen LogP contribution in [-0.4, -0.2) is 47.7 Å². The predicted molar refractivity (Wildman–Crippen MR) is 150 cm³/mol. The summed E-state index contributed by atoms with van der Waals surface area (Å²) >= 11 is 0. The van der Waals surface area contributed by atoms with E-state index >= 15 is 0 Å². The van der Waals surface area contributed by atoms with Gasteiger partial charge in [0.15, 0.2) is 11.5 Å². The second kappa shape index (κ2) is 12.1. The SMILES string of the molecule is CC(C)(C)OC(=O)CNC(=O)c1ccc(Cc2cccc(C(=O)O)c2)c2c1OCCCc1cc(N)ccc1C(=O)O2. The second-order valence-corrected chi connectivity index (χ2v) is 10.6. The number of esters is 2. The minimum atomic E-state index is -1.07. The van der Waals surface area contributed by atoms with Crippen molar-refractivity contribution < 1.29 is 38.5 Å². The molecule has 4 N–H and O–H groups in total. The van der Waals surface area contributed by atoms with Crippen molar-refractivity contribution in [2.75, 3.05) is 18.9 Å². The molecule has 0 fully saturated rings. The summed E-state index contributed by atoms with van der Waals surface area (Å²) in [5.41, 5.74) is 8.11. The average Bonchev–Trinajstić information content (AvgIpc) is 2.90. The number of rotatable bonds is 6. The molecule has 0 saturated carbocycles. The van der Waals surface area contributed by atoms with Crippen LogP contribution in [0.25, 0.3) is 0 Å². The molecule has 0 atom stereocenters. The maximum absolute atomic E-state index is 13.4. The highest BCUT2D eigenvalue weighted by molar-refractivity contribution is 6.00. The number of nitrogens with two attached hydrogens (primary N) is 1. The monoisotopic (exact) mass is 560 g/mol. The first-order chi connectivity index (χ1) is 19.4. The topological polar surface area (TPSA) is 154 Å². The Morgan fingerprint density at radius 2 is 1.83 bits per heavy atom. The first kappa shape index (κ1) is 29.1. The van der Waals surface area contributed by atoms with Crippen LogP contribution in [0.15, 0.2) is 54.6 Å². The minimum Gasteiger partial charge on any atom is -0.489 e. The molecule has 1 amide bonds. The maximum atomic E-state index is 13.4. The zero-order chi connectivity index (χ0) is 29.7. The number of anilines is 1. The van der Waals surface area contributed by atoms with Crippen molar-refractivity contribution >= 4 is 29.5 Å². The Hall–Kier alpha value is -4.86. The Kier molecular flexibility index (Phi) is 8.61. The van der Waals surface area contributed by atoms with E-state index < -0.39 is 29.4 Å². The molecule has 0 spiro atoms. The van der Waals surface area contributed by atoms with E-state index in [0.717, 1.165) is 0 Å². The molecule has 10 nitrogen and oxygen atoms in total. The summed E-state index contributed by atoms with van der Waals surface area (Å²) in [6, 6.07) is 14.4. The van der Waals surface area contributed by atoms with E-state index in [0.29, 0.717) is 40.8 Å². The summed E-state index contributed by atoms with van der Waals surface area (Å²) in [7, 11) is 0. The summed E-state index contributed by atoms with van der Waals surface area (Å²) in [6.45, 7) is 4.99. The van der Waals surface area contributed by atoms with E-state index in [1.54, 1.807) is 57.2 Å². The number of nitrogen functional groups attached to an aromatic ring is 1. The van der Waals surface area contributed by atoms with Gasteiger partial charge in [0.2, 0.25) is 0 Å². The van der Waals surface area contributed by atoms with E-state index in [2.05, 4.69) is 5.32 Å². The summed E-state index contributed by atoms with van der Waals surface area (Å²) in [4.78, 5) is 50.3. The van der Waals surface area contributed by atoms with Gasteiger partial charge in [-0.1, -0.05) is 18.2 Å². The van der Waals surface area contributed by atoms with Gasteiger partial charge in [0.05, 0.1) is 23.3 Å². The molecular formula is C31H32N2O8. The van der Waals surface area contributed by atoms with Gasteiger partial charge in [-0.15, -0.1) is 0 Å². The molecule has 0 aliphatic carbocycles. The number of carbonyl (C=O) groups is 4. The molecule has 0 unspecified atom stereocenters. The first-order valence-corrected chi connectivity index (χ1v) is 13.1. The lowest BCUT2D eigenvalue weighted by Crippen LogP contribution is -2.35. The van der Waals surface area contributed by atoms with Crippen LogP contribution >= 0.6 is 0 Å². The Morgan fingerprint density at radius 3 is 2.56 bits per heavy atom. The molecule has 4 rings (SSSR count). The molecule has 1 heterocycles. The van der Waals surface area contributed by atoms with Crippen molar-refractivity contribution in [3.63, 3.8) is 0 Å². The number of carboxylic acid groups (broad SMARTS) is 1. The number of nitrogens with one attached hydrogen (secondary N) is 1. The lowest BCUT2D eigenvalue weighted by atomic mass is 9.98. The fraction of sp³-hybridized carbons (Fsp3) is 0.290. The molecule has 0 bridgehead atoms. The smallest absolute Gasteiger partial charge is 0.343 e. The number of ether oxygens (including phenoxy) is 3. The molecule has 1 aliphatic heterocycles. The average molecular weight is 561 g/mol. The number of amides is 1. The summed E-state index contributed by atoms with van der Waals surface area (Å²) in [5.74, 6) is -2.87. The summed E-state index contributed by atoms with van der Waals surface area (Å²) in [6.07, 6.45) is 1.20. The van der Waals surface area contributed by atoms with Crippen LogP contribution < -0.4 is 20.5 Å². The van der Waals surface area contributed by atoms with E-state index in [1.807, 2.05) is 0 Å². The number of aromatic carboxylic acids is 1. The lowest BCUT2D eigenvalue weighted by molar-refractivity contribution is -0.153. The number of aryl methyl sites for hydroxylation is 1. The second-order valence-electron chi connectivity index (χ2n) is 10.6. The van der Waals surface area contributed by atoms with Gasteiger partial charge in [-0.2, -0.15) is 0 Å². The van der Waals surface area contributed by atoms with Gasteiger partial charge < -0.3 is 30.4 Å². The summed E-state index contributed by atoms with van der Waals surface area (Å²) in [5, 5.41) is 12.0. The Balaban J connectivity index is 1.74. The van der Waals surface area contributed by atoms with Crippen molar-refractivity contribution in [2.45, 2.75) is 45.6 Å². The van der Waals surface area contributed by atoms with Crippen molar-refractivity contribution in [3.05, 3.63) is 88.0 Å². The number of hydrogen-bond donors (Lipinski definition) is 3. The zero-order valence-corrected chi connectivity index (χ0v) is 23.1. The number of fused-ring (bicyclic) bond motifs is 2. The standard InChI is InChI=1S/C31H32N2O8/c1-31(2,3)41-25(34)17-33-28(35)24-11-9-20(14-18-6-4-7-21(15-18)29(36)37)26-27(24)39-13-5-8-19-16-22(32)10-12-23(19)30(38)40-26/h4,6-7,9-12,15-16H,5,8,13-14,17,32H2,1-3H3,(H,33,35)(H,36,37). The third kappa shape index (κ3) is 7.42. The fourth-order valence-corrected chi connectivity index (χ4v) is 4.44. The van der Waals surface area contributed by atoms with E-state index in [-0.39, 0.29) is 42.2 Å². The third-order valence-corrected chi connectivity index (χ3v) is 6.20. The van der Waals surface area contributed by atoms with Crippen LogP contribution in [0.1, 0.15) is 75.0 Å². The van der Waals surface area contributed by atoms with Crippen molar-refractivity contribution in [2.24, 2.45) is 0 Å². The quantitative estimate of drug-likeness (QED) is 0.229. The normalized spacial score (nSPS) is 13.1. The van der Waals surface area contributed by atoms with Gasteiger partial charge in [0, 0.05) is 17.7 Å². The Morgan fingerprint density at radius 1 is 1.05 bits per heavy atom. The first-order valence-electron chi connectivity index (χ1n) is 13.1. The van der Waals surface area contributed by atoms with Crippen LogP contribution in [0.2, 0.25) is 0 Å². The van der Waals surface area contributed by atoms with Gasteiger partial charge >= 0.3 is 17.9 Å². The largest absolute Gasteiger partial charge is 0.489 e. The third-order valence-electron chi connectivity index (χ3n) is 6.20. The Bertz CT molecular complexity index is 1510. The highest BCUT2D eigenvalue weighted by atomic mass is 16.6. The van der Waals surface area contributed by atoms with Gasteiger partial charge in [0.25, 0.3) is 5.91 Å². The molecule has 214 valence electrons. The highest BCUT2D eigenvalue weighted by Crippen LogP contribution is 2.38. The molecule has 41 heavy (non-hydrogen) atoms. The molecule has 1 aliphatic rings. The van der Waals surface area contributed by atoms with Crippen LogP contribution in [-0.2, 0) is 22.4 Å². The van der Waals surface area contributed by atoms with Crippen LogP contribution in [0.3, 0.4) is 0 Å². The number of carbonyl (C=O) groups excluding carboxylic acids is 3. The highest BCUT2D eigenvalue weighted by Gasteiger charge is 2.27. The maximum Gasteiger partial charge on any atom is 0.343 e. The number of carboxylic acids is 1. The minimum absolute atomic E-state index is 0.0327. The molecule has 3 aromatic carbocycles. The fourth-order valence-electron chi connectivity index (χ4n) is 4.44. The van der Waals surface area contributed by atoms with Crippen LogP contribution in [0, 0.1) is 0 Å². The van der Waals surface area contributed by atoms with Crippen LogP contribution in [0.5, 0.6) is 11.5 Å². The number of benzene rings is 3. The van der Waals surface area contributed by atoms with E-state index in [9.17, 15) is 24.3 Å². The van der Waals surface area contributed by atoms with Gasteiger partial charge in [0.1, 0.15) is 12.1 Å². The van der Waals surface area contributed by atoms with Gasteiger partial charge in [-0.25, -0.2) is 9.59 Å². The Labute approximate surface area is 237 Å². The lowest BCUT2D eigenvalue weighted by Gasteiger charge is -2.22. The summed E-state index contributed by atoms with van der Waals surface area (Å²) < 4.78 is 17.2. The molecule has 0 saturated heterocycles. The van der Waals surface area contributed by atoms with Gasteiger partial charge in [-0.3, -0.25) is 9.59 Å². The molecular weight excluding hydrogens is 528 g/mol. The zero-order valence-electron chi connectivity index (χ0n) is 23.1. The molecule has 3 aromatic rings. The van der Waals surface area contributed by atoms with E-state index in [1.165, 1.54) is 18.2 Å². The van der Waals surface area contributed by atoms with Crippen LogP contribution in [0.4, 0.5) is 5.69 Å². The molecule has 0 aromatic heterocycles.